The number of hydrogen-bond acceptors (Lipinski definition) is 7. The van der Waals surface area contributed by atoms with Gasteiger partial charge in [-0.3, -0.25) is 4.79 Å². The lowest BCUT2D eigenvalue weighted by molar-refractivity contribution is 0.186. The molecule has 1 saturated heterocycles. The predicted octanol–water partition coefficient (Wildman–Crippen LogP) is 1.34. The highest BCUT2D eigenvalue weighted by Gasteiger charge is 2.40. The molecule has 2 atom stereocenters. The SMILES string of the molecule is CCn1nnnc1-c1ccc(OC)c(S(=O)(=O)N2C[C@H]3C[C@@H](C2)c2cccc(=O)n2C3)c1. The first-order valence-corrected chi connectivity index (χ1v) is 12.0. The third kappa shape index (κ3) is 3.32. The van der Waals surface area contributed by atoms with E-state index in [-0.39, 0.29) is 28.0 Å². The highest BCUT2D eigenvalue weighted by Crippen LogP contribution is 2.39. The minimum atomic E-state index is -3.85. The minimum Gasteiger partial charge on any atom is -0.495 e. The van der Waals surface area contributed by atoms with Crippen LogP contribution in [0.1, 0.15) is 25.0 Å². The van der Waals surface area contributed by atoms with Gasteiger partial charge in [-0.2, -0.15) is 4.31 Å². The summed E-state index contributed by atoms with van der Waals surface area (Å²) < 4.78 is 37.9. The lowest BCUT2D eigenvalue weighted by Gasteiger charge is -2.42. The van der Waals surface area contributed by atoms with Crippen molar-refractivity contribution in [3.63, 3.8) is 0 Å². The van der Waals surface area contributed by atoms with Crippen molar-refractivity contribution >= 4 is 10.0 Å². The van der Waals surface area contributed by atoms with Crippen molar-refractivity contribution in [3.8, 4) is 17.1 Å². The molecule has 32 heavy (non-hydrogen) atoms. The van der Waals surface area contributed by atoms with Crippen LogP contribution in [0.5, 0.6) is 5.75 Å². The Hall–Kier alpha value is -3.05. The monoisotopic (exact) mass is 456 g/mol. The molecule has 0 N–H and O–H groups in total. The van der Waals surface area contributed by atoms with Crippen LogP contribution < -0.4 is 10.3 Å². The zero-order chi connectivity index (χ0) is 22.5. The largest absolute Gasteiger partial charge is 0.495 e. The molecule has 2 aliphatic heterocycles. The molecule has 0 unspecified atom stereocenters. The molecule has 0 spiro atoms. The number of rotatable bonds is 5. The molecule has 0 aliphatic carbocycles. The van der Waals surface area contributed by atoms with E-state index >= 15 is 0 Å². The van der Waals surface area contributed by atoms with Crippen LogP contribution in [0.3, 0.4) is 0 Å². The van der Waals surface area contributed by atoms with Crippen molar-refractivity contribution < 1.29 is 13.2 Å². The van der Waals surface area contributed by atoms with Crippen LogP contribution in [-0.4, -0.2) is 57.7 Å². The number of pyridine rings is 1. The molecule has 4 heterocycles. The molecule has 2 aliphatic rings. The molecule has 0 amide bonds. The van der Waals surface area contributed by atoms with E-state index in [9.17, 15) is 13.2 Å². The fourth-order valence-electron chi connectivity index (χ4n) is 4.83. The number of tetrazole rings is 1. The second kappa shape index (κ2) is 7.82. The maximum Gasteiger partial charge on any atom is 0.250 e. The van der Waals surface area contributed by atoms with Gasteiger partial charge in [-0.05, 0) is 54.0 Å². The molecule has 10 nitrogen and oxygen atoms in total. The van der Waals surface area contributed by atoms with Gasteiger partial charge in [0, 0.05) is 49.4 Å². The molecule has 3 aromatic rings. The summed E-state index contributed by atoms with van der Waals surface area (Å²) in [6.45, 7) is 3.68. The summed E-state index contributed by atoms with van der Waals surface area (Å²) in [5, 5.41) is 11.7. The van der Waals surface area contributed by atoms with E-state index in [4.69, 9.17) is 4.74 Å². The quantitative estimate of drug-likeness (QED) is 0.569. The van der Waals surface area contributed by atoms with E-state index in [0.29, 0.717) is 37.6 Å². The molecule has 5 rings (SSSR count). The first-order valence-electron chi connectivity index (χ1n) is 10.6. The average molecular weight is 457 g/mol. The zero-order valence-corrected chi connectivity index (χ0v) is 18.7. The number of fused-ring (bicyclic) bond motifs is 4. The van der Waals surface area contributed by atoms with Gasteiger partial charge in [-0.15, -0.1) is 5.10 Å². The Labute approximate surface area is 185 Å². The van der Waals surface area contributed by atoms with Gasteiger partial charge in [-0.25, -0.2) is 13.1 Å². The van der Waals surface area contributed by atoms with Crippen LogP contribution in [0, 0.1) is 5.92 Å². The first kappa shape index (κ1) is 20.8. The number of hydrogen-bond donors (Lipinski definition) is 0. The van der Waals surface area contributed by atoms with Gasteiger partial charge < -0.3 is 9.30 Å². The molecule has 1 aromatic carbocycles. The van der Waals surface area contributed by atoms with Crippen molar-refractivity contribution in [1.29, 1.82) is 0 Å². The van der Waals surface area contributed by atoms with Gasteiger partial charge in [0.25, 0.3) is 5.56 Å². The van der Waals surface area contributed by atoms with Crippen LogP contribution in [0.25, 0.3) is 11.4 Å². The Balaban J connectivity index is 1.54. The Kier molecular flexibility index (Phi) is 5.09. The first-order chi connectivity index (χ1) is 15.4. The summed E-state index contributed by atoms with van der Waals surface area (Å²) in [6.07, 6.45) is 0.873. The highest BCUT2D eigenvalue weighted by atomic mass is 32.2. The van der Waals surface area contributed by atoms with E-state index in [1.165, 1.54) is 11.4 Å². The number of methoxy groups -OCH3 is 1. The summed E-state index contributed by atoms with van der Waals surface area (Å²) in [4.78, 5) is 12.4. The zero-order valence-electron chi connectivity index (χ0n) is 17.9. The summed E-state index contributed by atoms with van der Waals surface area (Å²) in [5.74, 6) is 0.831. The van der Waals surface area contributed by atoms with Gasteiger partial charge >= 0.3 is 0 Å². The number of aromatic nitrogens is 5. The van der Waals surface area contributed by atoms with Crippen LogP contribution in [0.15, 0.2) is 46.1 Å². The van der Waals surface area contributed by atoms with E-state index in [1.807, 2.05) is 13.0 Å². The van der Waals surface area contributed by atoms with E-state index in [1.54, 1.807) is 39.6 Å². The standard InChI is InChI=1S/C21H24N6O4S/c1-3-27-21(22-23-24-27)15-7-8-18(31-2)19(10-15)32(29,30)25-11-14-9-16(13-25)17-5-4-6-20(28)26(17)12-14/h4-8,10,14,16H,3,9,11-13H2,1-2H3/t14-,16+/m1/s1. The van der Waals surface area contributed by atoms with E-state index in [2.05, 4.69) is 15.5 Å². The van der Waals surface area contributed by atoms with Crippen molar-refractivity contribution in [2.45, 2.75) is 37.2 Å². The molecule has 2 aromatic heterocycles. The number of sulfonamides is 1. The predicted molar refractivity (Wildman–Crippen MR) is 116 cm³/mol. The van der Waals surface area contributed by atoms with Crippen LogP contribution >= 0.6 is 0 Å². The molecule has 0 saturated carbocycles. The highest BCUT2D eigenvalue weighted by molar-refractivity contribution is 7.89. The second-order valence-electron chi connectivity index (χ2n) is 8.20. The number of piperidine rings is 1. The molecule has 2 bridgehead atoms. The fraction of sp³-hybridized carbons (Fsp3) is 0.429. The average Bonchev–Trinajstić information content (AvgIpc) is 3.28. The summed E-state index contributed by atoms with van der Waals surface area (Å²) in [6, 6.07) is 10.2. The smallest absolute Gasteiger partial charge is 0.250 e. The van der Waals surface area contributed by atoms with Gasteiger partial charge in [0.15, 0.2) is 5.82 Å². The molecule has 11 heteroatoms. The van der Waals surface area contributed by atoms with Crippen molar-refractivity contribution in [2.75, 3.05) is 20.2 Å². The second-order valence-corrected chi connectivity index (χ2v) is 10.1. The maximum absolute atomic E-state index is 13.8. The van der Waals surface area contributed by atoms with Gasteiger partial charge in [-0.1, -0.05) is 6.07 Å². The molecule has 1 fully saturated rings. The normalized spacial score (nSPS) is 20.7. The Bertz CT molecular complexity index is 1330. The fourth-order valence-corrected chi connectivity index (χ4v) is 6.57. The summed E-state index contributed by atoms with van der Waals surface area (Å²) in [7, 11) is -2.39. The number of benzene rings is 1. The van der Waals surface area contributed by atoms with Crippen LogP contribution in [-0.2, 0) is 23.1 Å². The van der Waals surface area contributed by atoms with E-state index < -0.39 is 10.0 Å². The molecular formula is C21H24N6O4S. The third-order valence-corrected chi connectivity index (χ3v) is 8.17. The topological polar surface area (TPSA) is 112 Å². The molecule has 0 radical (unpaired) electrons. The lowest BCUT2D eigenvalue weighted by Crippen LogP contribution is -2.49. The Morgan fingerprint density at radius 2 is 2.00 bits per heavy atom. The van der Waals surface area contributed by atoms with E-state index in [0.717, 1.165) is 12.1 Å². The molecule has 168 valence electrons. The minimum absolute atomic E-state index is 0.0206. The number of nitrogens with zero attached hydrogens (tertiary/aromatic N) is 6. The number of aryl methyl sites for hydroxylation is 1. The Morgan fingerprint density at radius 3 is 2.78 bits per heavy atom. The molecular weight excluding hydrogens is 432 g/mol. The third-order valence-electron chi connectivity index (χ3n) is 6.32. The van der Waals surface area contributed by atoms with Gasteiger partial charge in [0.1, 0.15) is 10.6 Å². The van der Waals surface area contributed by atoms with Crippen molar-refractivity contribution in [2.24, 2.45) is 5.92 Å². The van der Waals surface area contributed by atoms with Gasteiger partial charge in [0.2, 0.25) is 10.0 Å². The number of ether oxygens (including phenoxy) is 1. The Morgan fingerprint density at radius 1 is 1.16 bits per heavy atom. The summed E-state index contributed by atoms with van der Waals surface area (Å²) in [5.41, 5.74) is 1.47. The van der Waals surface area contributed by atoms with Crippen LogP contribution in [0.2, 0.25) is 0 Å². The van der Waals surface area contributed by atoms with Crippen molar-refractivity contribution in [3.05, 3.63) is 52.4 Å². The maximum atomic E-state index is 13.8. The van der Waals surface area contributed by atoms with Gasteiger partial charge in [0.05, 0.1) is 7.11 Å². The van der Waals surface area contributed by atoms with Crippen molar-refractivity contribution in [1.82, 2.24) is 29.1 Å². The summed E-state index contributed by atoms with van der Waals surface area (Å²) >= 11 is 0. The van der Waals surface area contributed by atoms with Crippen LogP contribution in [0.4, 0.5) is 0 Å². The lowest BCUT2D eigenvalue weighted by atomic mass is 9.84.